The predicted octanol–water partition coefficient (Wildman–Crippen LogP) is 4.34. The summed E-state index contributed by atoms with van der Waals surface area (Å²) in [5.74, 6) is 1.22. The van der Waals surface area contributed by atoms with E-state index in [0.29, 0.717) is 17.9 Å². The van der Waals surface area contributed by atoms with Crippen LogP contribution in [0.2, 0.25) is 0 Å². The predicted molar refractivity (Wildman–Crippen MR) is 130 cm³/mol. The first-order valence-corrected chi connectivity index (χ1v) is 12.5. The lowest BCUT2D eigenvalue weighted by atomic mass is 9.91. The number of ether oxygens (including phenoxy) is 2. The Hall–Kier alpha value is -2.75. The lowest BCUT2D eigenvalue weighted by Crippen LogP contribution is -2.46. The van der Waals surface area contributed by atoms with Crippen molar-refractivity contribution in [2.75, 3.05) is 31.6 Å². The molecule has 1 aliphatic heterocycles. The molecule has 1 aromatic carbocycles. The summed E-state index contributed by atoms with van der Waals surface area (Å²) in [5, 5.41) is 9.69. The highest BCUT2D eigenvalue weighted by atomic mass is 32.1. The Bertz CT molecular complexity index is 1260. The average Bonchev–Trinajstić information content (AvgIpc) is 3.43. The number of aromatic nitrogens is 4. The molecule has 172 valence electrons. The zero-order valence-electron chi connectivity index (χ0n) is 18.7. The fraction of sp³-hybridized carbons (Fsp3) is 0.458. The van der Waals surface area contributed by atoms with Gasteiger partial charge in [-0.1, -0.05) is 18.2 Å². The van der Waals surface area contributed by atoms with Gasteiger partial charge in [-0.3, -0.25) is 9.58 Å². The first-order valence-electron chi connectivity index (χ1n) is 11.7. The molecule has 0 spiro atoms. The van der Waals surface area contributed by atoms with Gasteiger partial charge >= 0.3 is 0 Å². The van der Waals surface area contributed by atoms with Gasteiger partial charge in [-0.05, 0) is 31.7 Å². The van der Waals surface area contributed by atoms with Crippen LogP contribution in [-0.2, 0) is 11.8 Å². The molecule has 2 fully saturated rings. The Kier molecular flexibility index (Phi) is 5.61. The number of morpholine rings is 1. The van der Waals surface area contributed by atoms with Gasteiger partial charge in [0.1, 0.15) is 10.9 Å². The molecule has 0 radical (unpaired) electrons. The molecular weight excluding hydrogens is 436 g/mol. The number of hydrogen-bond acceptors (Lipinski definition) is 8. The Balaban J connectivity index is 1.27. The largest absolute Gasteiger partial charge is 0.474 e. The summed E-state index contributed by atoms with van der Waals surface area (Å²) in [7, 11) is 1.89. The van der Waals surface area contributed by atoms with Gasteiger partial charge in [-0.15, -0.1) is 11.3 Å². The average molecular weight is 465 g/mol. The Morgan fingerprint density at radius 3 is 2.70 bits per heavy atom. The first-order chi connectivity index (χ1) is 16.2. The van der Waals surface area contributed by atoms with Crippen molar-refractivity contribution in [2.24, 2.45) is 7.05 Å². The standard InChI is InChI=1S/C24H28N6O2S/c1-29-15-16(14-25-29)26-24-27-22(21-19-4-2-3-5-20(19)33-23(21)28-24)32-18-8-6-17(7-9-18)30-10-12-31-13-11-30/h2-5,14-15,17-18H,6-13H2,1H3,(H,26,27,28). The monoisotopic (exact) mass is 464 g/mol. The number of benzene rings is 1. The third-order valence-corrected chi connectivity index (χ3v) is 7.72. The lowest BCUT2D eigenvalue weighted by Gasteiger charge is -2.38. The van der Waals surface area contributed by atoms with E-state index in [1.54, 1.807) is 22.2 Å². The molecule has 1 saturated heterocycles. The van der Waals surface area contributed by atoms with Crippen LogP contribution in [0.25, 0.3) is 20.3 Å². The maximum Gasteiger partial charge on any atom is 0.232 e. The summed E-state index contributed by atoms with van der Waals surface area (Å²) in [5.41, 5.74) is 0.856. The summed E-state index contributed by atoms with van der Waals surface area (Å²) in [4.78, 5) is 13.2. The number of thiophene rings is 1. The minimum absolute atomic E-state index is 0.172. The lowest BCUT2D eigenvalue weighted by molar-refractivity contribution is -0.00124. The van der Waals surface area contributed by atoms with Crippen LogP contribution in [0, 0.1) is 0 Å². The third-order valence-electron chi connectivity index (χ3n) is 6.65. The second kappa shape index (κ2) is 8.89. The van der Waals surface area contributed by atoms with Crippen LogP contribution in [-0.4, -0.2) is 63.1 Å². The Morgan fingerprint density at radius 1 is 1.09 bits per heavy atom. The van der Waals surface area contributed by atoms with Gasteiger partial charge in [0.2, 0.25) is 11.8 Å². The molecule has 4 aromatic rings. The number of nitrogens with zero attached hydrogens (tertiary/aromatic N) is 5. The normalized spacial score (nSPS) is 22.1. The molecule has 0 atom stereocenters. The molecule has 1 N–H and O–H groups in total. The van der Waals surface area contributed by atoms with E-state index in [4.69, 9.17) is 19.4 Å². The third kappa shape index (κ3) is 4.28. The summed E-state index contributed by atoms with van der Waals surface area (Å²) in [6.45, 7) is 3.81. The van der Waals surface area contributed by atoms with Crippen LogP contribution >= 0.6 is 11.3 Å². The second-order valence-corrected chi connectivity index (χ2v) is 9.89. The molecule has 8 nitrogen and oxygen atoms in total. The van der Waals surface area contributed by atoms with Gasteiger partial charge in [0.25, 0.3) is 0 Å². The van der Waals surface area contributed by atoms with Crippen LogP contribution in [0.4, 0.5) is 11.6 Å². The van der Waals surface area contributed by atoms with E-state index in [0.717, 1.165) is 73.3 Å². The van der Waals surface area contributed by atoms with Crippen molar-refractivity contribution < 1.29 is 9.47 Å². The van der Waals surface area contributed by atoms with E-state index in [1.807, 2.05) is 13.2 Å². The van der Waals surface area contributed by atoms with E-state index in [2.05, 4.69) is 39.6 Å². The highest BCUT2D eigenvalue weighted by Crippen LogP contribution is 2.39. The number of nitrogens with one attached hydrogen (secondary N) is 1. The number of hydrogen-bond donors (Lipinski definition) is 1. The first kappa shape index (κ1) is 20.8. The van der Waals surface area contributed by atoms with Gasteiger partial charge < -0.3 is 14.8 Å². The van der Waals surface area contributed by atoms with Crippen molar-refractivity contribution in [1.29, 1.82) is 0 Å². The van der Waals surface area contributed by atoms with E-state index >= 15 is 0 Å². The van der Waals surface area contributed by atoms with E-state index in [-0.39, 0.29) is 6.10 Å². The summed E-state index contributed by atoms with van der Waals surface area (Å²) >= 11 is 1.68. The quantitative estimate of drug-likeness (QED) is 0.471. The highest BCUT2D eigenvalue weighted by Gasteiger charge is 2.29. The van der Waals surface area contributed by atoms with E-state index < -0.39 is 0 Å². The minimum Gasteiger partial charge on any atom is -0.474 e. The topological polar surface area (TPSA) is 77.3 Å². The fourth-order valence-electron chi connectivity index (χ4n) is 4.98. The van der Waals surface area contributed by atoms with E-state index in [1.165, 1.54) is 4.70 Å². The molecule has 9 heteroatoms. The number of anilines is 2. The van der Waals surface area contributed by atoms with Crippen LogP contribution < -0.4 is 10.1 Å². The van der Waals surface area contributed by atoms with Crippen molar-refractivity contribution >= 4 is 43.3 Å². The van der Waals surface area contributed by atoms with Crippen LogP contribution in [0.1, 0.15) is 25.7 Å². The van der Waals surface area contributed by atoms with Gasteiger partial charge in [0.05, 0.1) is 30.5 Å². The second-order valence-electron chi connectivity index (χ2n) is 8.86. The molecule has 0 unspecified atom stereocenters. The smallest absolute Gasteiger partial charge is 0.232 e. The Morgan fingerprint density at radius 2 is 1.91 bits per heavy atom. The molecule has 33 heavy (non-hydrogen) atoms. The molecule has 0 amide bonds. The van der Waals surface area contributed by atoms with E-state index in [9.17, 15) is 0 Å². The maximum atomic E-state index is 6.61. The molecule has 1 saturated carbocycles. The van der Waals surface area contributed by atoms with Crippen molar-refractivity contribution in [3.05, 3.63) is 36.7 Å². The van der Waals surface area contributed by atoms with Gasteiger partial charge in [0.15, 0.2) is 0 Å². The van der Waals surface area contributed by atoms with Gasteiger partial charge in [-0.25, -0.2) is 4.98 Å². The zero-order chi connectivity index (χ0) is 22.2. The molecular formula is C24H28N6O2S. The van der Waals surface area contributed by atoms with Crippen molar-refractivity contribution in [3.8, 4) is 5.88 Å². The molecule has 3 aromatic heterocycles. The Labute approximate surface area is 196 Å². The highest BCUT2D eigenvalue weighted by molar-refractivity contribution is 7.25. The molecule has 0 bridgehead atoms. The molecule has 4 heterocycles. The minimum atomic E-state index is 0.172. The number of fused-ring (bicyclic) bond motifs is 3. The maximum absolute atomic E-state index is 6.61. The van der Waals surface area contributed by atoms with Crippen LogP contribution in [0.5, 0.6) is 5.88 Å². The molecule has 2 aliphatic rings. The molecule has 1 aliphatic carbocycles. The molecule has 6 rings (SSSR count). The van der Waals surface area contributed by atoms with Crippen molar-refractivity contribution in [1.82, 2.24) is 24.6 Å². The summed E-state index contributed by atoms with van der Waals surface area (Å²) < 4.78 is 15.1. The SMILES string of the molecule is Cn1cc(Nc2nc(OC3CCC(N4CCOCC4)CC3)c3c(n2)sc2ccccc23)cn1. The summed E-state index contributed by atoms with van der Waals surface area (Å²) in [6, 6.07) is 9.03. The zero-order valence-corrected chi connectivity index (χ0v) is 19.6. The number of rotatable bonds is 5. The van der Waals surface area contributed by atoms with Crippen LogP contribution in [0.15, 0.2) is 36.7 Å². The fourth-order valence-corrected chi connectivity index (χ4v) is 6.04. The van der Waals surface area contributed by atoms with Gasteiger partial charge in [-0.2, -0.15) is 10.1 Å². The van der Waals surface area contributed by atoms with Crippen molar-refractivity contribution in [2.45, 2.75) is 37.8 Å². The van der Waals surface area contributed by atoms with Crippen LogP contribution in [0.3, 0.4) is 0 Å². The number of aryl methyl sites for hydroxylation is 1. The van der Waals surface area contributed by atoms with Crippen molar-refractivity contribution in [3.63, 3.8) is 0 Å². The summed E-state index contributed by atoms with van der Waals surface area (Å²) in [6.07, 6.45) is 8.25. The van der Waals surface area contributed by atoms with Gasteiger partial charge in [0, 0.05) is 42.5 Å².